The van der Waals surface area contributed by atoms with Gasteiger partial charge in [-0.15, -0.1) is 0 Å². The maximum Gasteiger partial charge on any atom is 0.224 e. The van der Waals surface area contributed by atoms with Gasteiger partial charge in [-0.2, -0.15) is 0 Å². The molecule has 0 radical (unpaired) electrons. The average molecular weight is 285 g/mol. The molecule has 0 bridgehead atoms. The number of anilines is 1. The summed E-state index contributed by atoms with van der Waals surface area (Å²) in [5.41, 5.74) is 2.78. The summed E-state index contributed by atoms with van der Waals surface area (Å²) < 4.78 is 0. The Kier molecular flexibility index (Phi) is 4.37. The van der Waals surface area contributed by atoms with Gasteiger partial charge in [0.1, 0.15) is 0 Å². The fourth-order valence-electron chi connectivity index (χ4n) is 3.50. The number of rotatable bonds is 3. The highest BCUT2D eigenvalue weighted by Crippen LogP contribution is 2.28. The summed E-state index contributed by atoms with van der Waals surface area (Å²) in [6, 6.07) is 5.73. The second-order valence-corrected chi connectivity index (χ2v) is 6.40. The minimum absolute atomic E-state index is 0.0695. The fraction of sp³-hybridized carbons (Fsp3) is 0.556. The molecule has 1 fully saturated rings. The van der Waals surface area contributed by atoms with E-state index in [2.05, 4.69) is 5.32 Å². The van der Waals surface area contributed by atoms with Gasteiger partial charge in [-0.3, -0.25) is 9.59 Å². The predicted molar refractivity (Wildman–Crippen MR) is 83.5 cm³/mol. The molecule has 3 nitrogen and oxygen atoms in total. The van der Waals surface area contributed by atoms with Crippen LogP contribution >= 0.6 is 0 Å². The lowest BCUT2D eigenvalue weighted by atomic mass is 9.90. The third-order valence-electron chi connectivity index (χ3n) is 4.77. The van der Waals surface area contributed by atoms with Gasteiger partial charge < -0.3 is 5.32 Å². The van der Waals surface area contributed by atoms with Crippen molar-refractivity contribution < 1.29 is 9.59 Å². The lowest BCUT2D eigenvalue weighted by molar-refractivity contribution is -0.116. The molecule has 2 aliphatic rings. The van der Waals surface area contributed by atoms with Crippen molar-refractivity contribution in [2.75, 3.05) is 5.32 Å². The van der Waals surface area contributed by atoms with Gasteiger partial charge in [0.25, 0.3) is 0 Å². The number of carbonyl (C=O) groups excluding carboxylic acids is 2. The number of hydrogen-bond donors (Lipinski definition) is 1. The van der Waals surface area contributed by atoms with E-state index in [1.807, 2.05) is 18.2 Å². The van der Waals surface area contributed by atoms with Crippen molar-refractivity contribution in [1.29, 1.82) is 0 Å². The van der Waals surface area contributed by atoms with Gasteiger partial charge in [-0.25, -0.2) is 0 Å². The number of amides is 1. The highest BCUT2D eigenvalue weighted by molar-refractivity contribution is 5.99. The lowest BCUT2D eigenvalue weighted by Gasteiger charge is -2.18. The monoisotopic (exact) mass is 285 g/mol. The highest BCUT2D eigenvalue weighted by Gasteiger charge is 2.20. The van der Waals surface area contributed by atoms with Crippen molar-refractivity contribution in [2.24, 2.45) is 5.92 Å². The molecule has 112 valence electrons. The Balaban J connectivity index is 1.68. The highest BCUT2D eigenvalue weighted by atomic mass is 16.1. The molecule has 3 rings (SSSR count). The van der Waals surface area contributed by atoms with Crippen LogP contribution < -0.4 is 5.32 Å². The van der Waals surface area contributed by atoms with Crippen LogP contribution in [0.3, 0.4) is 0 Å². The summed E-state index contributed by atoms with van der Waals surface area (Å²) >= 11 is 0. The Labute approximate surface area is 126 Å². The van der Waals surface area contributed by atoms with Crippen LogP contribution in [0, 0.1) is 5.92 Å². The minimum atomic E-state index is 0.0695. The number of Topliss-reactive ketones (excluding diaryl/α,β-unsaturated/α-hetero) is 1. The van der Waals surface area contributed by atoms with E-state index in [4.69, 9.17) is 0 Å². The topological polar surface area (TPSA) is 46.2 Å². The van der Waals surface area contributed by atoms with E-state index >= 15 is 0 Å². The van der Waals surface area contributed by atoms with E-state index in [-0.39, 0.29) is 11.7 Å². The second-order valence-electron chi connectivity index (χ2n) is 6.40. The maximum atomic E-state index is 12.5. The largest absolute Gasteiger partial charge is 0.326 e. The molecule has 1 aromatic carbocycles. The van der Waals surface area contributed by atoms with E-state index in [1.54, 1.807) is 0 Å². The van der Waals surface area contributed by atoms with Crippen molar-refractivity contribution in [3.8, 4) is 0 Å². The van der Waals surface area contributed by atoms with Crippen LogP contribution in [-0.4, -0.2) is 11.7 Å². The van der Waals surface area contributed by atoms with Gasteiger partial charge in [-0.05, 0) is 36.1 Å². The molecule has 1 aromatic rings. The van der Waals surface area contributed by atoms with Crippen LogP contribution in [0.1, 0.15) is 67.3 Å². The van der Waals surface area contributed by atoms with Gasteiger partial charge in [-0.1, -0.05) is 38.5 Å². The van der Waals surface area contributed by atoms with E-state index < -0.39 is 0 Å². The van der Waals surface area contributed by atoms with Gasteiger partial charge >= 0.3 is 0 Å². The van der Waals surface area contributed by atoms with Gasteiger partial charge in [0.15, 0.2) is 5.78 Å². The van der Waals surface area contributed by atoms with Crippen molar-refractivity contribution in [2.45, 2.75) is 57.8 Å². The van der Waals surface area contributed by atoms with Gasteiger partial charge in [0, 0.05) is 24.1 Å². The average Bonchev–Trinajstić information content (AvgIpc) is 2.75. The second kappa shape index (κ2) is 6.42. The standard InChI is InChI=1S/C18H23NO2/c20-17(11-13-5-3-1-2-4-6-13)15-7-9-16-14(12-15)8-10-18(21)19-16/h7,9,12-13H,1-6,8,10-11H2,(H,19,21). The van der Waals surface area contributed by atoms with Crippen molar-refractivity contribution >= 4 is 17.4 Å². The Morgan fingerprint density at radius 2 is 1.86 bits per heavy atom. The van der Waals surface area contributed by atoms with Crippen LogP contribution in [0.4, 0.5) is 5.69 Å². The van der Waals surface area contributed by atoms with Crippen molar-refractivity contribution in [3.05, 3.63) is 29.3 Å². The normalized spacial score (nSPS) is 19.5. The summed E-state index contributed by atoms with van der Waals surface area (Å²) in [6.45, 7) is 0. The molecule has 0 aromatic heterocycles. The van der Waals surface area contributed by atoms with Gasteiger partial charge in [0.05, 0.1) is 0 Å². The van der Waals surface area contributed by atoms with E-state index in [0.29, 0.717) is 18.8 Å². The van der Waals surface area contributed by atoms with Crippen LogP contribution in [0.25, 0.3) is 0 Å². The lowest BCUT2D eigenvalue weighted by Crippen LogP contribution is -2.19. The molecule has 0 spiro atoms. The smallest absolute Gasteiger partial charge is 0.224 e. The third kappa shape index (κ3) is 3.52. The van der Waals surface area contributed by atoms with Crippen molar-refractivity contribution in [3.63, 3.8) is 0 Å². The fourth-order valence-corrected chi connectivity index (χ4v) is 3.50. The van der Waals surface area contributed by atoms with Crippen molar-refractivity contribution in [1.82, 2.24) is 0 Å². The summed E-state index contributed by atoms with van der Waals surface area (Å²) in [7, 11) is 0. The molecule has 1 N–H and O–H groups in total. The molecule has 3 heteroatoms. The van der Waals surface area contributed by atoms with Crippen LogP contribution in [0.5, 0.6) is 0 Å². The zero-order valence-electron chi connectivity index (χ0n) is 12.5. The quantitative estimate of drug-likeness (QED) is 0.671. The summed E-state index contributed by atoms with van der Waals surface area (Å²) in [4.78, 5) is 23.8. The molecule has 1 aliphatic carbocycles. The Bertz CT molecular complexity index is 542. The number of hydrogen-bond acceptors (Lipinski definition) is 2. The van der Waals surface area contributed by atoms with Crippen LogP contribution in [0.2, 0.25) is 0 Å². The molecule has 0 atom stereocenters. The minimum Gasteiger partial charge on any atom is -0.326 e. The molecular weight excluding hydrogens is 262 g/mol. The Hall–Kier alpha value is -1.64. The molecule has 21 heavy (non-hydrogen) atoms. The van der Waals surface area contributed by atoms with E-state index in [9.17, 15) is 9.59 Å². The molecule has 1 saturated carbocycles. The molecule has 0 saturated heterocycles. The Morgan fingerprint density at radius 3 is 2.62 bits per heavy atom. The number of nitrogens with one attached hydrogen (secondary N) is 1. The zero-order chi connectivity index (χ0) is 14.7. The first kappa shape index (κ1) is 14.3. The molecular formula is C18H23NO2. The molecule has 1 heterocycles. The number of aryl methyl sites for hydroxylation is 1. The number of ketones is 1. The maximum absolute atomic E-state index is 12.5. The summed E-state index contributed by atoms with van der Waals surface area (Å²) in [5.74, 6) is 0.900. The SMILES string of the molecule is O=C1CCc2cc(C(=O)CC3CCCCCC3)ccc2N1. The number of fused-ring (bicyclic) bond motifs is 1. The Morgan fingerprint density at radius 1 is 1.10 bits per heavy atom. The van der Waals surface area contributed by atoms with E-state index in [0.717, 1.165) is 23.2 Å². The van der Waals surface area contributed by atoms with Crippen LogP contribution in [0.15, 0.2) is 18.2 Å². The third-order valence-corrected chi connectivity index (χ3v) is 4.77. The molecule has 1 aliphatic heterocycles. The van der Waals surface area contributed by atoms with Crippen LogP contribution in [-0.2, 0) is 11.2 Å². The van der Waals surface area contributed by atoms with E-state index in [1.165, 1.54) is 38.5 Å². The molecule has 0 unspecified atom stereocenters. The number of carbonyl (C=O) groups is 2. The number of benzene rings is 1. The predicted octanol–water partition coefficient (Wildman–Crippen LogP) is 4.11. The van der Waals surface area contributed by atoms with Gasteiger partial charge in [0.2, 0.25) is 5.91 Å². The first-order chi connectivity index (χ1) is 10.2. The summed E-state index contributed by atoms with van der Waals surface area (Å²) in [6.07, 6.45) is 9.54. The first-order valence-corrected chi connectivity index (χ1v) is 8.18. The zero-order valence-corrected chi connectivity index (χ0v) is 12.5. The first-order valence-electron chi connectivity index (χ1n) is 8.18. The molecule has 1 amide bonds. The summed E-state index contributed by atoms with van der Waals surface area (Å²) in [5, 5.41) is 2.87.